The van der Waals surface area contributed by atoms with Crippen LogP contribution in [-0.2, 0) is 9.47 Å². The molecule has 2 rings (SSSR count). The van der Waals surface area contributed by atoms with Gasteiger partial charge in [0.2, 0.25) is 0 Å². The van der Waals surface area contributed by atoms with Crippen molar-refractivity contribution in [3.63, 3.8) is 0 Å². The molecule has 0 unspecified atom stereocenters. The molecule has 19 heavy (non-hydrogen) atoms. The van der Waals surface area contributed by atoms with Crippen LogP contribution in [0.1, 0.15) is 10.4 Å². The van der Waals surface area contributed by atoms with Gasteiger partial charge in [0.25, 0.3) is 0 Å². The lowest BCUT2D eigenvalue weighted by atomic mass is 10.0. The Labute approximate surface area is 111 Å². The summed E-state index contributed by atoms with van der Waals surface area (Å²) in [5, 5.41) is 1.89. The maximum absolute atomic E-state index is 11.2. The van der Waals surface area contributed by atoms with E-state index in [9.17, 15) is 4.79 Å². The maximum atomic E-state index is 11.2. The number of rotatable bonds is 7. The van der Waals surface area contributed by atoms with Crippen molar-refractivity contribution >= 4 is 17.1 Å². The molecule has 0 aliphatic carbocycles. The van der Waals surface area contributed by atoms with Crippen LogP contribution in [0.25, 0.3) is 10.8 Å². The first kappa shape index (κ1) is 13.5. The lowest BCUT2D eigenvalue weighted by Crippen LogP contribution is -2.08. The summed E-state index contributed by atoms with van der Waals surface area (Å²) in [6.45, 7) is 1.07. The number of methoxy groups -OCH3 is 1. The Morgan fingerprint density at radius 1 is 1.11 bits per heavy atom. The molecule has 0 saturated heterocycles. The Bertz CT molecular complexity index is 551. The van der Waals surface area contributed by atoms with Crippen molar-refractivity contribution in [2.24, 2.45) is 0 Å². The molecule has 0 N–H and O–H groups in total. The molecule has 0 aromatic heterocycles. The van der Waals surface area contributed by atoms with E-state index in [-0.39, 0.29) is 6.79 Å². The second-order valence-corrected chi connectivity index (χ2v) is 3.98. The Morgan fingerprint density at radius 3 is 2.74 bits per heavy atom. The summed E-state index contributed by atoms with van der Waals surface area (Å²) in [6.07, 6.45) is 0.812. The minimum atomic E-state index is 0.0997. The highest BCUT2D eigenvalue weighted by molar-refractivity contribution is 6.00. The average molecular weight is 260 g/mol. The number of hydrogen-bond acceptors (Lipinski definition) is 4. The summed E-state index contributed by atoms with van der Waals surface area (Å²) in [5.74, 6) is 0.533. The largest absolute Gasteiger partial charge is 0.467 e. The maximum Gasteiger partial charge on any atom is 0.189 e. The van der Waals surface area contributed by atoms with E-state index in [4.69, 9.17) is 14.2 Å². The van der Waals surface area contributed by atoms with Gasteiger partial charge in [0.15, 0.2) is 13.1 Å². The summed E-state index contributed by atoms with van der Waals surface area (Å²) in [5.41, 5.74) is 0.549. The zero-order valence-corrected chi connectivity index (χ0v) is 10.8. The number of aldehydes is 1. The Kier molecular flexibility index (Phi) is 4.89. The van der Waals surface area contributed by atoms with Crippen LogP contribution in [0.15, 0.2) is 36.4 Å². The standard InChI is InChI=1S/C15H16O4/c1-17-8-9-18-11-19-15-7-6-12-4-2-3-5-13(12)14(15)10-16/h2-7,10H,8-9,11H2,1H3. The van der Waals surface area contributed by atoms with Crippen LogP contribution in [0.2, 0.25) is 0 Å². The highest BCUT2D eigenvalue weighted by atomic mass is 16.7. The molecule has 4 nitrogen and oxygen atoms in total. The molecule has 0 bridgehead atoms. The van der Waals surface area contributed by atoms with Crippen molar-refractivity contribution in [3.05, 3.63) is 42.0 Å². The Balaban J connectivity index is 2.12. The summed E-state index contributed by atoms with van der Waals surface area (Å²) in [4.78, 5) is 11.2. The molecule has 0 amide bonds. The molecule has 0 fully saturated rings. The number of benzene rings is 2. The zero-order valence-electron chi connectivity index (χ0n) is 10.8. The molecule has 2 aromatic carbocycles. The quantitative estimate of drug-likeness (QED) is 0.436. The van der Waals surface area contributed by atoms with Gasteiger partial charge in [-0.25, -0.2) is 0 Å². The second-order valence-electron chi connectivity index (χ2n) is 3.98. The summed E-state index contributed by atoms with van der Waals surface area (Å²) in [7, 11) is 1.61. The molecule has 0 atom stereocenters. The van der Waals surface area contributed by atoms with E-state index in [1.54, 1.807) is 13.2 Å². The number of carbonyl (C=O) groups excluding carboxylic acids is 1. The van der Waals surface area contributed by atoms with E-state index in [1.807, 2.05) is 30.3 Å². The van der Waals surface area contributed by atoms with Gasteiger partial charge in [-0.2, -0.15) is 0 Å². The molecule has 4 heteroatoms. The van der Waals surface area contributed by atoms with Crippen molar-refractivity contribution in [3.8, 4) is 5.75 Å². The third kappa shape index (κ3) is 3.30. The van der Waals surface area contributed by atoms with E-state index in [0.29, 0.717) is 24.5 Å². The third-order valence-corrected chi connectivity index (χ3v) is 2.78. The highest BCUT2D eigenvalue weighted by Gasteiger charge is 2.07. The summed E-state index contributed by atoms with van der Waals surface area (Å²) < 4.78 is 15.6. The van der Waals surface area contributed by atoms with Gasteiger partial charge in [0, 0.05) is 7.11 Å². The highest BCUT2D eigenvalue weighted by Crippen LogP contribution is 2.26. The molecule has 0 radical (unpaired) electrons. The van der Waals surface area contributed by atoms with Crippen LogP contribution in [-0.4, -0.2) is 33.4 Å². The number of ether oxygens (including phenoxy) is 3. The van der Waals surface area contributed by atoms with Crippen LogP contribution in [0.4, 0.5) is 0 Å². The lowest BCUT2D eigenvalue weighted by molar-refractivity contribution is -0.00860. The lowest BCUT2D eigenvalue weighted by Gasteiger charge is -2.10. The number of hydrogen-bond donors (Lipinski definition) is 0. The van der Waals surface area contributed by atoms with Crippen molar-refractivity contribution < 1.29 is 19.0 Å². The van der Waals surface area contributed by atoms with E-state index >= 15 is 0 Å². The monoisotopic (exact) mass is 260 g/mol. The average Bonchev–Trinajstić information content (AvgIpc) is 2.46. The molecular weight excluding hydrogens is 244 g/mol. The van der Waals surface area contributed by atoms with Gasteiger partial charge in [-0.3, -0.25) is 4.79 Å². The van der Waals surface area contributed by atoms with Crippen molar-refractivity contribution in [1.82, 2.24) is 0 Å². The van der Waals surface area contributed by atoms with E-state index in [0.717, 1.165) is 17.1 Å². The minimum absolute atomic E-state index is 0.0997. The first-order valence-corrected chi connectivity index (χ1v) is 6.03. The topological polar surface area (TPSA) is 44.8 Å². The fraction of sp³-hybridized carbons (Fsp3) is 0.267. The van der Waals surface area contributed by atoms with Crippen molar-refractivity contribution in [2.45, 2.75) is 0 Å². The van der Waals surface area contributed by atoms with E-state index < -0.39 is 0 Å². The summed E-state index contributed by atoms with van der Waals surface area (Å²) >= 11 is 0. The molecule has 0 heterocycles. The van der Waals surface area contributed by atoms with Crippen LogP contribution in [0, 0.1) is 0 Å². The van der Waals surface area contributed by atoms with Gasteiger partial charge in [-0.05, 0) is 16.8 Å². The van der Waals surface area contributed by atoms with Gasteiger partial charge < -0.3 is 14.2 Å². The second kappa shape index (κ2) is 6.87. The van der Waals surface area contributed by atoms with Gasteiger partial charge in [0.05, 0.1) is 18.8 Å². The normalized spacial score (nSPS) is 10.6. The fourth-order valence-corrected chi connectivity index (χ4v) is 1.83. The van der Waals surface area contributed by atoms with Gasteiger partial charge in [-0.1, -0.05) is 30.3 Å². The Hall–Kier alpha value is -1.91. The van der Waals surface area contributed by atoms with E-state index in [1.165, 1.54) is 0 Å². The van der Waals surface area contributed by atoms with Crippen LogP contribution in [0.3, 0.4) is 0 Å². The molecule has 100 valence electrons. The number of fused-ring (bicyclic) bond motifs is 1. The predicted octanol–water partition coefficient (Wildman–Crippen LogP) is 2.65. The van der Waals surface area contributed by atoms with Gasteiger partial charge in [0.1, 0.15) is 5.75 Å². The van der Waals surface area contributed by atoms with Crippen molar-refractivity contribution in [1.29, 1.82) is 0 Å². The number of carbonyl (C=O) groups is 1. The predicted molar refractivity (Wildman–Crippen MR) is 72.7 cm³/mol. The van der Waals surface area contributed by atoms with Crippen LogP contribution < -0.4 is 4.74 Å². The first-order chi connectivity index (χ1) is 9.36. The first-order valence-electron chi connectivity index (χ1n) is 6.03. The SMILES string of the molecule is COCCOCOc1ccc2ccccc2c1C=O. The van der Waals surface area contributed by atoms with E-state index in [2.05, 4.69) is 0 Å². The molecule has 0 aliphatic heterocycles. The molecule has 0 aliphatic rings. The van der Waals surface area contributed by atoms with Crippen LogP contribution >= 0.6 is 0 Å². The molecule has 2 aromatic rings. The van der Waals surface area contributed by atoms with Crippen molar-refractivity contribution in [2.75, 3.05) is 27.1 Å². The Morgan fingerprint density at radius 2 is 1.95 bits per heavy atom. The molecule has 0 saturated carbocycles. The third-order valence-electron chi connectivity index (χ3n) is 2.78. The summed E-state index contributed by atoms with van der Waals surface area (Å²) in [6, 6.07) is 11.4. The fourth-order valence-electron chi connectivity index (χ4n) is 1.83. The van der Waals surface area contributed by atoms with Gasteiger partial charge >= 0.3 is 0 Å². The van der Waals surface area contributed by atoms with Gasteiger partial charge in [-0.15, -0.1) is 0 Å². The smallest absolute Gasteiger partial charge is 0.189 e. The molecular formula is C15H16O4. The minimum Gasteiger partial charge on any atom is -0.467 e. The zero-order chi connectivity index (χ0) is 13.5. The molecule has 0 spiro atoms. The van der Waals surface area contributed by atoms with Crippen LogP contribution in [0.5, 0.6) is 5.75 Å².